The number of carbonyl (C=O) groups excluding carboxylic acids is 1. The number of aliphatic hydroxyl groups is 1. The largest absolute Gasteiger partial charge is 0.483 e. The van der Waals surface area contributed by atoms with E-state index < -0.39 is 30.6 Å². The topological polar surface area (TPSA) is 140 Å². The molecule has 3 aromatic rings. The molecule has 0 saturated carbocycles. The molecule has 2 fully saturated rings. The minimum atomic E-state index is -3.38. The molecule has 5 rings (SSSR count). The van der Waals surface area contributed by atoms with Gasteiger partial charge in [0.05, 0.1) is 24.9 Å². The number of carbonyl (C=O) groups is 1. The highest BCUT2D eigenvalue weighted by Gasteiger charge is 2.48. The van der Waals surface area contributed by atoms with Crippen LogP contribution in [0.25, 0.3) is 11.3 Å². The van der Waals surface area contributed by atoms with E-state index in [9.17, 15) is 23.9 Å². The summed E-state index contributed by atoms with van der Waals surface area (Å²) >= 11 is 0. The molecule has 0 radical (unpaired) electrons. The second kappa shape index (κ2) is 13.2. The third-order valence-electron chi connectivity index (χ3n) is 7.94. The van der Waals surface area contributed by atoms with E-state index in [4.69, 9.17) is 9.47 Å². The average molecular weight is 623 g/mol. The number of nitrogens with zero attached hydrogens (tertiary/aromatic N) is 7. The Morgan fingerprint density at radius 1 is 1.20 bits per heavy atom. The number of anilines is 3. The number of halogens is 2. The van der Waals surface area contributed by atoms with Crippen molar-refractivity contribution in [2.45, 2.75) is 44.4 Å². The van der Waals surface area contributed by atoms with Crippen LogP contribution >= 0.6 is 0 Å². The Labute approximate surface area is 260 Å². The Morgan fingerprint density at radius 3 is 2.69 bits per heavy atom. The maximum Gasteiger partial charge on any atom is 0.301 e. The summed E-state index contributed by atoms with van der Waals surface area (Å²) < 4.78 is 41.0. The van der Waals surface area contributed by atoms with Crippen LogP contribution in [-0.4, -0.2) is 107 Å². The molecule has 45 heavy (non-hydrogen) atoms. The minimum absolute atomic E-state index is 0.000291. The summed E-state index contributed by atoms with van der Waals surface area (Å²) in [4.78, 5) is 31.0. The van der Waals surface area contributed by atoms with E-state index in [1.165, 1.54) is 19.1 Å². The van der Waals surface area contributed by atoms with Gasteiger partial charge >= 0.3 is 5.92 Å². The van der Waals surface area contributed by atoms with E-state index >= 15 is 0 Å². The molecular weight excluding hydrogens is 586 g/mol. The van der Waals surface area contributed by atoms with E-state index in [1.54, 1.807) is 25.4 Å². The molecule has 238 valence electrons. The third-order valence-corrected chi connectivity index (χ3v) is 7.94. The van der Waals surface area contributed by atoms with Gasteiger partial charge in [-0.3, -0.25) is 4.79 Å². The summed E-state index contributed by atoms with van der Waals surface area (Å²) in [6.07, 6.45) is -1.52. The van der Waals surface area contributed by atoms with Gasteiger partial charge in [0.1, 0.15) is 29.4 Å². The number of amides is 1. The molecule has 1 amide bonds. The highest BCUT2D eigenvalue weighted by atomic mass is 19.3. The van der Waals surface area contributed by atoms with Crippen molar-refractivity contribution >= 4 is 23.4 Å². The Bertz CT molecular complexity index is 1580. The smallest absolute Gasteiger partial charge is 0.301 e. The monoisotopic (exact) mass is 622 g/mol. The highest BCUT2D eigenvalue weighted by Crippen LogP contribution is 2.35. The fourth-order valence-electron chi connectivity index (χ4n) is 5.61. The first-order chi connectivity index (χ1) is 21.5. The van der Waals surface area contributed by atoms with Gasteiger partial charge in [-0.05, 0) is 57.3 Å². The number of rotatable bonds is 8. The summed E-state index contributed by atoms with van der Waals surface area (Å²) in [7, 11) is 3.68. The van der Waals surface area contributed by atoms with Gasteiger partial charge in [0.2, 0.25) is 11.8 Å². The summed E-state index contributed by atoms with van der Waals surface area (Å²) in [5.41, 5.74) is 2.00. The predicted octanol–water partition coefficient (Wildman–Crippen LogP) is 3.30. The van der Waals surface area contributed by atoms with Gasteiger partial charge in [-0.2, -0.15) is 10.2 Å². The summed E-state index contributed by atoms with van der Waals surface area (Å²) in [6.45, 7) is 5.25. The van der Waals surface area contributed by atoms with Crippen LogP contribution in [0.2, 0.25) is 0 Å². The number of hydrogen-bond donors (Lipinski definition) is 2. The zero-order valence-corrected chi connectivity index (χ0v) is 25.6. The Morgan fingerprint density at radius 2 is 2.00 bits per heavy atom. The maximum atomic E-state index is 14.9. The van der Waals surface area contributed by atoms with E-state index in [-0.39, 0.29) is 30.2 Å². The van der Waals surface area contributed by atoms with Gasteiger partial charge in [-0.15, -0.1) is 0 Å². The van der Waals surface area contributed by atoms with Crippen LogP contribution in [0.15, 0.2) is 42.6 Å². The number of likely N-dealkylation sites (N-methyl/N-ethyl adjacent to an activating group) is 1. The molecule has 3 atom stereocenters. The number of methoxy groups -OCH3 is 1. The SMILES string of the molecule is COc1nc(Nc2nccc(-c3ccc(OC4CCN(C(=O)[C@H](C)O)CC4(F)F)c(C#N)c3)n2)ccc1N1CCN(C)C[C@@H]1C. The number of hydrogen-bond acceptors (Lipinski definition) is 11. The van der Waals surface area contributed by atoms with Crippen molar-refractivity contribution in [1.29, 1.82) is 5.26 Å². The van der Waals surface area contributed by atoms with E-state index in [2.05, 4.69) is 44.0 Å². The lowest BCUT2D eigenvalue weighted by atomic mass is 10.0. The van der Waals surface area contributed by atoms with Crippen LogP contribution in [0, 0.1) is 11.3 Å². The van der Waals surface area contributed by atoms with Crippen molar-refractivity contribution in [3.8, 4) is 29.0 Å². The zero-order chi connectivity index (χ0) is 32.3. The van der Waals surface area contributed by atoms with Crippen molar-refractivity contribution in [2.75, 3.05) is 57.1 Å². The summed E-state index contributed by atoms with van der Waals surface area (Å²) in [5.74, 6) is -2.91. The predicted molar refractivity (Wildman–Crippen MR) is 163 cm³/mol. The summed E-state index contributed by atoms with van der Waals surface area (Å²) in [6, 6.07) is 12.4. The molecule has 2 saturated heterocycles. The van der Waals surface area contributed by atoms with E-state index in [1.807, 2.05) is 18.2 Å². The van der Waals surface area contributed by atoms with Crippen LogP contribution in [0.4, 0.5) is 26.2 Å². The number of aromatic nitrogens is 3. The molecule has 1 aromatic carbocycles. The van der Waals surface area contributed by atoms with Crippen LogP contribution in [0.5, 0.6) is 11.6 Å². The number of nitrogens with one attached hydrogen (secondary N) is 1. The first-order valence-electron chi connectivity index (χ1n) is 14.6. The maximum absolute atomic E-state index is 14.9. The standard InChI is InChI=1S/C31H36F2N8O4/c1-19-17-39(3)13-14-41(19)24-6-8-27(37-28(24)44-4)38-30-35-11-9-23(36-30)21-5-7-25(22(15-21)16-34)45-26-10-12-40(18-31(26,32)33)29(43)20(2)42/h5-9,11,15,19-20,26,42H,10,12-14,17-18H2,1-4H3,(H,35,36,37,38)/t19-,20-,26?/m0/s1. The highest BCUT2D eigenvalue weighted by molar-refractivity contribution is 5.80. The molecule has 14 heteroatoms. The first kappa shape index (κ1) is 31.8. The van der Waals surface area contributed by atoms with Crippen LogP contribution < -0.4 is 19.7 Å². The number of benzene rings is 1. The van der Waals surface area contributed by atoms with Gasteiger partial charge in [0.15, 0.2) is 6.10 Å². The van der Waals surface area contributed by atoms with Crippen molar-refractivity contribution < 1.29 is 28.2 Å². The molecule has 0 spiro atoms. The lowest BCUT2D eigenvalue weighted by Gasteiger charge is -2.40. The molecule has 2 aromatic heterocycles. The number of alkyl halides is 2. The molecule has 12 nitrogen and oxygen atoms in total. The average Bonchev–Trinajstić information content (AvgIpc) is 3.02. The number of likely N-dealkylation sites (tertiary alicyclic amines) is 1. The second-order valence-corrected chi connectivity index (χ2v) is 11.3. The lowest BCUT2D eigenvalue weighted by molar-refractivity contribution is -0.165. The third kappa shape index (κ3) is 7.05. The Hall–Kier alpha value is -4.61. The van der Waals surface area contributed by atoms with Crippen molar-refractivity contribution in [3.63, 3.8) is 0 Å². The van der Waals surface area contributed by atoms with Crippen LogP contribution in [0.1, 0.15) is 25.8 Å². The second-order valence-electron chi connectivity index (χ2n) is 11.3. The number of nitriles is 1. The number of pyridine rings is 1. The van der Waals surface area contributed by atoms with Gasteiger partial charge in [0, 0.05) is 50.4 Å². The van der Waals surface area contributed by atoms with Crippen LogP contribution in [-0.2, 0) is 4.79 Å². The molecule has 0 bridgehead atoms. The van der Waals surface area contributed by atoms with Crippen molar-refractivity contribution in [3.05, 3.63) is 48.2 Å². The zero-order valence-electron chi connectivity index (χ0n) is 25.6. The molecule has 2 aliphatic rings. The lowest BCUT2D eigenvalue weighted by Crippen LogP contribution is -2.56. The minimum Gasteiger partial charge on any atom is -0.483 e. The van der Waals surface area contributed by atoms with Gasteiger partial charge in [-0.25, -0.2) is 18.7 Å². The first-order valence-corrected chi connectivity index (χ1v) is 14.6. The van der Waals surface area contributed by atoms with Gasteiger partial charge in [-0.1, -0.05) is 0 Å². The number of piperidine rings is 1. The quantitative estimate of drug-likeness (QED) is 0.383. The molecular formula is C31H36F2N8O4. The molecule has 0 aliphatic carbocycles. The van der Waals surface area contributed by atoms with E-state index in [0.29, 0.717) is 29.0 Å². The number of aliphatic hydroxyl groups excluding tert-OH is 1. The number of piperazine rings is 1. The molecule has 2 aliphatic heterocycles. The van der Waals surface area contributed by atoms with Gasteiger partial charge < -0.3 is 34.6 Å². The van der Waals surface area contributed by atoms with E-state index in [0.717, 1.165) is 30.2 Å². The number of ether oxygens (including phenoxy) is 2. The van der Waals surface area contributed by atoms with Gasteiger partial charge in [0.25, 0.3) is 5.91 Å². The van der Waals surface area contributed by atoms with Crippen LogP contribution in [0.3, 0.4) is 0 Å². The Balaban J connectivity index is 1.30. The summed E-state index contributed by atoms with van der Waals surface area (Å²) in [5, 5.41) is 22.4. The fourth-order valence-corrected chi connectivity index (χ4v) is 5.61. The molecule has 4 heterocycles. The fraction of sp³-hybridized carbons (Fsp3) is 0.452. The van der Waals surface area contributed by atoms with Crippen molar-refractivity contribution in [1.82, 2.24) is 24.8 Å². The molecule has 1 unspecified atom stereocenters. The normalized spacial score (nSPS) is 20.7. The van der Waals surface area contributed by atoms with Crippen molar-refractivity contribution in [2.24, 2.45) is 0 Å². The Kier molecular flexibility index (Phi) is 9.31. The molecule has 2 N–H and O–H groups in total.